The van der Waals surface area contributed by atoms with E-state index in [1.807, 2.05) is 13.8 Å². The Morgan fingerprint density at radius 3 is 2.70 bits per heavy atom. The van der Waals surface area contributed by atoms with Crippen molar-refractivity contribution in [2.75, 3.05) is 0 Å². The van der Waals surface area contributed by atoms with E-state index in [0.29, 0.717) is 6.42 Å². The number of cyclic esters (lactones) is 1. The van der Waals surface area contributed by atoms with Crippen LogP contribution < -0.4 is 0 Å². The molecule has 0 unspecified atom stereocenters. The summed E-state index contributed by atoms with van der Waals surface area (Å²) in [5.74, 6) is -0.252. The normalized spacial score (nSPS) is 40.5. The van der Waals surface area contributed by atoms with E-state index in [4.69, 9.17) is 4.74 Å². The summed E-state index contributed by atoms with van der Waals surface area (Å²) in [4.78, 5) is 23.4. The first-order valence-corrected chi connectivity index (χ1v) is 11.1. The molecule has 0 amide bonds. The van der Waals surface area contributed by atoms with Crippen LogP contribution in [0.25, 0.3) is 0 Å². The van der Waals surface area contributed by atoms with E-state index in [1.54, 1.807) is 13.0 Å². The Kier molecular flexibility index (Phi) is 6.45. The van der Waals surface area contributed by atoms with Crippen LogP contribution in [0.5, 0.6) is 0 Å². The van der Waals surface area contributed by atoms with Gasteiger partial charge in [-0.25, -0.2) is 4.79 Å². The number of aliphatic hydroxyl groups is 2. The van der Waals surface area contributed by atoms with E-state index in [9.17, 15) is 19.8 Å². The zero-order chi connectivity index (χ0) is 22.3. The van der Waals surface area contributed by atoms with Gasteiger partial charge < -0.3 is 19.7 Å². The van der Waals surface area contributed by atoms with Crippen molar-refractivity contribution in [1.29, 1.82) is 0 Å². The highest BCUT2D eigenvalue weighted by atomic mass is 16.6. The number of hydrogen-bond donors (Lipinski definition) is 2. The van der Waals surface area contributed by atoms with Gasteiger partial charge in [0.1, 0.15) is 12.4 Å². The van der Waals surface area contributed by atoms with Crippen molar-refractivity contribution < 1.29 is 24.5 Å². The monoisotopic (exact) mass is 416 g/mol. The third-order valence-electron chi connectivity index (χ3n) is 7.90. The Morgan fingerprint density at radius 2 is 2.10 bits per heavy atom. The minimum atomic E-state index is -0.861. The Labute approximate surface area is 179 Å². The highest BCUT2D eigenvalue weighted by molar-refractivity contribution is 5.85. The summed E-state index contributed by atoms with van der Waals surface area (Å²) in [5.41, 5.74) is 2.17. The van der Waals surface area contributed by atoms with Crippen molar-refractivity contribution >= 4 is 12.3 Å². The quantitative estimate of drug-likeness (QED) is 0.390. The third-order valence-corrected chi connectivity index (χ3v) is 7.90. The topological polar surface area (TPSA) is 83.8 Å². The average molecular weight is 417 g/mol. The lowest BCUT2D eigenvalue weighted by molar-refractivity contribution is -0.147. The van der Waals surface area contributed by atoms with Gasteiger partial charge in [-0.2, -0.15) is 0 Å². The van der Waals surface area contributed by atoms with Crippen molar-refractivity contribution in [3.63, 3.8) is 0 Å². The van der Waals surface area contributed by atoms with Crippen molar-refractivity contribution in [2.24, 2.45) is 22.7 Å². The standard InChI is InChI=1S/C25H36O5/c1-15(11-19(27)22-17(3)13-21(29)30-22)7-8-18-16(2)12-20(28)23-24(4,14-26)9-6-10-25(18,23)5/h11,13-14,18-20,22-23,27-28H,2,6-10,12H2,1,3-5H3/b15-11+/t18-,19-,20-,22-,23-,24-,25+/m0/s1. The summed E-state index contributed by atoms with van der Waals surface area (Å²) in [6, 6.07) is 0. The first-order valence-electron chi connectivity index (χ1n) is 11.1. The first kappa shape index (κ1) is 23.0. The molecule has 0 bridgehead atoms. The third kappa shape index (κ3) is 4.06. The molecule has 0 aromatic heterocycles. The molecule has 7 atom stereocenters. The zero-order valence-corrected chi connectivity index (χ0v) is 18.7. The molecule has 166 valence electrons. The van der Waals surface area contributed by atoms with Crippen LogP contribution in [0.1, 0.15) is 66.2 Å². The number of allylic oxidation sites excluding steroid dienone is 1. The molecule has 0 saturated heterocycles. The van der Waals surface area contributed by atoms with Crippen LogP contribution >= 0.6 is 0 Å². The minimum absolute atomic E-state index is 0.0627. The molecule has 3 aliphatic rings. The predicted octanol–water partition coefficient (Wildman–Crippen LogP) is 3.89. The van der Waals surface area contributed by atoms with Gasteiger partial charge in [-0.15, -0.1) is 0 Å². The van der Waals surface area contributed by atoms with Gasteiger partial charge in [0, 0.05) is 17.4 Å². The van der Waals surface area contributed by atoms with E-state index in [0.717, 1.165) is 55.1 Å². The molecule has 0 spiro atoms. The predicted molar refractivity (Wildman–Crippen MR) is 116 cm³/mol. The van der Waals surface area contributed by atoms with Crippen LogP contribution in [0.15, 0.2) is 35.5 Å². The average Bonchev–Trinajstić information content (AvgIpc) is 2.99. The number of rotatable bonds is 6. The molecular formula is C25H36O5. The maximum absolute atomic E-state index is 12.0. The van der Waals surface area contributed by atoms with E-state index < -0.39 is 29.7 Å². The largest absolute Gasteiger partial charge is 0.452 e. The minimum Gasteiger partial charge on any atom is -0.452 e. The number of aliphatic hydroxyl groups excluding tert-OH is 2. The molecule has 3 rings (SSSR count). The van der Waals surface area contributed by atoms with Crippen molar-refractivity contribution in [3.05, 3.63) is 35.5 Å². The molecule has 2 N–H and O–H groups in total. The highest BCUT2D eigenvalue weighted by Gasteiger charge is 2.57. The lowest BCUT2D eigenvalue weighted by atomic mass is 9.46. The molecule has 5 heteroatoms. The second kappa shape index (κ2) is 8.43. The second-order valence-electron chi connectivity index (χ2n) is 10.2. The van der Waals surface area contributed by atoms with Gasteiger partial charge in [0.05, 0.1) is 6.10 Å². The van der Waals surface area contributed by atoms with E-state index >= 15 is 0 Å². The Morgan fingerprint density at radius 1 is 1.40 bits per heavy atom. The number of ether oxygens (including phenoxy) is 1. The maximum Gasteiger partial charge on any atom is 0.331 e. The maximum atomic E-state index is 12.0. The number of carbonyl (C=O) groups excluding carboxylic acids is 2. The van der Waals surface area contributed by atoms with Gasteiger partial charge >= 0.3 is 5.97 Å². The van der Waals surface area contributed by atoms with E-state index in [-0.39, 0.29) is 17.3 Å². The molecule has 1 aliphatic heterocycles. The number of hydrogen-bond acceptors (Lipinski definition) is 5. The Bertz CT molecular complexity index is 780. The van der Waals surface area contributed by atoms with Gasteiger partial charge in [-0.05, 0) is 62.9 Å². The lowest BCUT2D eigenvalue weighted by Crippen LogP contribution is -2.56. The Balaban J connectivity index is 1.73. The summed E-state index contributed by atoms with van der Waals surface area (Å²) in [7, 11) is 0. The van der Waals surface area contributed by atoms with Crippen LogP contribution in [-0.2, 0) is 14.3 Å². The number of carbonyl (C=O) groups is 2. The summed E-state index contributed by atoms with van der Waals surface area (Å²) in [5, 5.41) is 21.4. The van der Waals surface area contributed by atoms with Gasteiger partial charge in [0.2, 0.25) is 0 Å². The van der Waals surface area contributed by atoms with E-state index in [2.05, 4.69) is 13.5 Å². The smallest absolute Gasteiger partial charge is 0.331 e. The van der Waals surface area contributed by atoms with Gasteiger partial charge in [-0.1, -0.05) is 44.1 Å². The lowest BCUT2D eigenvalue weighted by Gasteiger charge is -2.59. The number of fused-ring (bicyclic) bond motifs is 1. The van der Waals surface area contributed by atoms with Gasteiger partial charge in [0.15, 0.2) is 6.10 Å². The summed E-state index contributed by atoms with van der Waals surface area (Å²) < 4.78 is 5.18. The molecule has 0 aromatic rings. The van der Waals surface area contributed by atoms with Gasteiger partial charge in [0.25, 0.3) is 0 Å². The van der Waals surface area contributed by atoms with Crippen LogP contribution in [0.4, 0.5) is 0 Å². The molecule has 0 aromatic carbocycles. The molecule has 1 heterocycles. The number of aldehydes is 1. The molecule has 0 radical (unpaired) electrons. The van der Waals surface area contributed by atoms with Crippen molar-refractivity contribution in [2.45, 2.75) is 84.5 Å². The number of esters is 1. The first-order chi connectivity index (χ1) is 14.0. The molecule has 2 saturated carbocycles. The second-order valence-corrected chi connectivity index (χ2v) is 10.2. The van der Waals surface area contributed by atoms with E-state index in [1.165, 1.54) is 6.08 Å². The SMILES string of the molecule is C=C1C[C@H](O)[C@@H]2[C@](C)(CCC[C@@]2(C)C=O)[C@H]1CC/C(C)=C/[C@H](O)[C@H]1OC(=O)C=C1C. The van der Waals surface area contributed by atoms with Crippen LogP contribution in [0, 0.1) is 22.7 Å². The molecular weight excluding hydrogens is 380 g/mol. The van der Waals surface area contributed by atoms with Crippen LogP contribution in [0.3, 0.4) is 0 Å². The summed E-state index contributed by atoms with van der Waals surface area (Å²) in [6.07, 6.45) is 7.22. The molecule has 2 aliphatic carbocycles. The fourth-order valence-electron chi connectivity index (χ4n) is 6.54. The fourth-order valence-corrected chi connectivity index (χ4v) is 6.54. The van der Waals surface area contributed by atoms with Crippen LogP contribution in [0.2, 0.25) is 0 Å². The molecule has 30 heavy (non-hydrogen) atoms. The summed E-state index contributed by atoms with van der Waals surface area (Å²) >= 11 is 0. The molecule has 5 nitrogen and oxygen atoms in total. The van der Waals surface area contributed by atoms with Gasteiger partial charge in [-0.3, -0.25) is 0 Å². The van der Waals surface area contributed by atoms with Crippen molar-refractivity contribution in [3.8, 4) is 0 Å². The summed E-state index contributed by atoms with van der Waals surface area (Å²) in [6.45, 7) is 12.3. The highest BCUT2D eigenvalue weighted by Crippen LogP contribution is 2.61. The van der Waals surface area contributed by atoms with Crippen molar-refractivity contribution in [1.82, 2.24) is 0 Å². The molecule has 2 fully saturated rings. The zero-order valence-electron chi connectivity index (χ0n) is 18.7. The van der Waals surface area contributed by atoms with Crippen LogP contribution in [-0.4, -0.2) is 40.8 Å². The fraction of sp³-hybridized carbons (Fsp3) is 0.680. The Hall–Kier alpha value is -1.72.